The third-order valence-electron chi connectivity index (χ3n) is 4.03. The van der Waals surface area contributed by atoms with Crippen LogP contribution in [0.25, 0.3) is 21.5 Å². The molecule has 3 nitrogen and oxygen atoms in total. The van der Waals surface area contributed by atoms with E-state index in [1.54, 1.807) is 12.1 Å². The maximum atomic E-state index is 12.4. The molecule has 4 aromatic carbocycles. The molecule has 0 radical (unpaired) electrons. The van der Waals surface area contributed by atoms with Crippen molar-refractivity contribution in [1.29, 1.82) is 0 Å². The van der Waals surface area contributed by atoms with Crippen LogP contribution in [0.3, 0.4) is 0 Å². The molecule has 128 valence electrons. The van der Waals surface area contributed by atoms with Gasteiger partial charge in [0.1, 0.15) is 0 Å². The molecule has 0 bridgehead atoms. The van der Waals surface area contributed by atoms with Crippen LogP contribution >= 0.6 is 23.2 Å². The fourth-order valence-electron chi connectivity index (χ4n) is 2.83. The van der Waals surface area contributed by atoms with E-state index in [4.69, 9.17) is 32.7 Å². The van der Waals surface area contributed by atoms with Crippen LogP contribution in [-0.2, 0) is 0 Å². The molecule has 4 rings (SSSR count). The highest BCUT2D eigenvalue weighted by atomic mass is 35.5. The van der Waals surface area contributed by atoms with E-state index in [-0.39, 0.29) is 11.5 Å². The second-order valence-corrected chi connectivity index (χ2v) is 6.46. The topological polar surface area (TPSA) is 35.5 Å². The van der Waals surface area contributed by atoms with Gasteiger partial charge in [0, 0.05) is 10.8 Å². The predicted molar refractivity (Wildman–Crippen MR) is 105 cm³/mol. The maximum absolute atomic E-state index is 12.4. The minimum Gasteiger partial charge on any atom is -0.392 e. The molecule has 0 aromatic heterocycles. The molecule has 0 heterocycles. The Morgan fingerprint density at radius 3 is 1.50 bits per heavy atom. The molecule has 0 N–H and O–H groups in total. The van der Waals surface area contributed by atoms with E-state index >= 15 is 0 Å². The molecular formula is C21H12Cl2O3. The summed E-state index contributed by atoms with van der Waals surface area (Å²) in [6, 6.07) is 22.0. The number of halogens is 2. The molecule has 0 aliphatic carbocycles. The van der Waals surface area contributed by atoms with Gasteiger partial charge in [0.05, 0.1) is 10.0 Å². The molecule has 4 aromatic rings. The Labute approximate surface area is 159 Å². The quantitative estimate of drug-likeness (QED) is 0.280. The third kappa shape index (κ3) is 3.07. The maximum Gasteiger partial charge on any atom is 0.519 e. The predicted octanol–water partition coefficient (Wildman–Crippen LogP) is 6.88. The van der Waals surface area contributed by atoms with Gasteiger partial charge in [0.25, 0.3) is 0 Å². The lowest BCUT2D eigenvalue weighted by Crippen LogP contribution is -2.14. The van der Waals surface area contributed by atoms with E-state index in [9.17, 15) is 4.79 Å². The zero-order chi connectivity index (χ0) is 18.1. The van der Waals surface area contributed by atoms with Gasteiger partial charge in [0.15, 0.2) is 11.5 Å². The summed E-state index contributed by atoms with van der Waals surface area (Å²) in [5.41, 5.74) is 0. The average molecular weight is 383 g/mol. The van der Waals surface area contributed by atoms with Gasteiger partial charge in [-0.2, -0.15) is 0 Å². The van der Waals surface area contributed by atoms with Crippen LogP contribution in [0.2, 0.25) is 10.0 Å². The lowest BCUT2D eigenvalue weighted by Gasteiger charge is -2.12. The zero-order valence-corrected chi connectivity index (χ0v) is 14.9. The SMILES string of the molecule is O=C(Oc1c(Cl)ccc2ccccc12)Oc1c(Cl)ccc2ccccc12. The number of hydrogen-bond donors (Lipinski definition) is 0. The molecule has 0 spiro atoms. The summed E-state index contributed by atoms with van der Waals surface area (Å²) in [5.74, 6) is 0.511. The highest BCUT2D eigenvalue weighted by Gasteiger charge is 2.17. The molecule has 0 saturated heterocycles. The Bertz CT molecular complexity index is 1050. The first kappa shape index (κ1) is 16.7. The summed E-state index contributed by atoms with van der Waals surface area (Å²) in [4.78, 5) is 12.4. The standard InChI is InChI=1S/C21H12Cl2O3/c22-17-11-9-13-5-1-3-7-15(13)19(17)25-21(24)26-20-16-8-4-2-6-14(16)10-12-18(20)23/h1-12H. The van der Waals surface area contributed by atoms with E-state index in [0.717, 1.165) is 21.5 Å². The molecule has 0 aliphatic heterocycles. The molecule has 0 atom stereocenters. The molecule has 0 saturated carbocycles. The number of hydrogen-bond acceptors (Lipinski definition) is 3. The van der Waals surface area contributed by atoms with E-state index in [1.165, 1.54) is 0 Å². The molecule has 26 heavy (non-hydrogen) atoms. The molecule has 5 heteroatoms. The molecule has 0 fully saturated rings. The molecular weight excluding hydrogens is 371 g/mol. The van der Waals surface area contributed by atoms with Gasteiger partial charge in [-0.05, 0) is 22.9 Å². The van der Waals surface area contributed by atoms with Gasteiger partial charge in [0.2, 0.25) is 0 Å². The van der Waals surface area contributed by atoms with Gasteiger partial charge in [-0.15, -0.1) is 0 Å². The van der Waals surface area contributed by atoms with Crippen LogP contribution in [-0.4, -0.2) is 6.16 Å². The van der Waals surface area contributed by atoms with Crippen molar-refractivity contribution < 1.29 is 14.3 Å². The molecule has 0 amide bonds. The van der Waals surface area contributed by atoms with Crippen LogP contribution < -0.4 is 9.47 Å². The first-order chi connectivity index (χ1) is 12.6. The summed E-state index contributed by atoms with van der Waals surface area (Å²) in [7, 11) is 0. The van der Waals surface area contributed by atoms with E-state index in [2.05, 4.69) is 0 Å². The number of benzene rings is 4. The Morgan fingerprint density at radius 2 is 1.04 bits per heavy atom. The number of rotatable bonds is 2. The van der Waals surface area contributed by atoms with Crippen molar-refractivity contribution in [3.8, 4) is 11.5 Å². The van der Waals surface area contributed by atoms with Gasteiger partial charge in [-0.25, -0.2) is 4.79 Å². The Morgan fingerprint density at radius 1 is 0.615 bits per heavy atom. The van der Waals surface area contributed by atoms with Crippen molar-refractivity contribution in [2.75, 3.05) is 0 Å². The lowest BCUT2D eigenvalue weighted by atomic mass is 10.1. The van der Waals surface area contributed by atoms with Gasteiger partial charge < -0.3 is 9.47 Å². The summed E-state index contributed by atoms with van der Waals surface area (Å²) in [6.45, 7) is 0. The van der Waals surface area contributed by atoms with Crippen LogP contribution in [0.5, 0.6) is 11.5 Å². The van der Waals surface area contributed by atoms with E-state index < -0.39 is 6.16 Å². The van der Waals surface area contributed by atoms with Crippen molar-refractivity contribution in [3.63, 3.8) is 0 Å². The molecule has 0 aliphatic rings. The van der Waals surface area contributed by atoms with Crippen LogP contribution in [0.1, 0.15) is 0 Å². The van der Waals surface area contributed by atoms with Gasteiger partial charge >= 0.3 is 6.16 Å². The fourth-order valence-corrected chi connectivity index (χ4v) is 3.23. The monoisotopic (exact) mass is 382 g/mol. The van der Waals surface area contributed by atoms with Gasteiger partial charge in [-0.1, -0.05) is 83.9 Å². The second-order valence-electron chi connectivity index (χ2n) is 5.65. The minimum absolute atomic E-state index is 0.256. The van der Waals surface area contributed by atoms with Crippen LogP contribution in [0.4, 0.5) is 4.79 Å². The minimum atomic E-state index is -0.901. The first-order valence-electron chi connectivity index (χ1n) is 7.87. The summed E-state index contributed by atoms with van der Waals surface area (Å²) in [6.07, 6.45) is -0.901. The highest BCUT2D eigenvalue weighted by molar-refractivity contribution is 6.34. The fraction of sp³-hybridized carbons (Fsp3) is 0. The number of fused-ring (bicyclic) bond motifs is 2. The highest BCUT2D eigenvalue weighted by Crippen LogP contribution is 2.36. The number of carbonyl (C=O) groups excluding carboxylic acids is 1. The first-order valence-corrected chi connectivity index (χ1v) is 8.63. The Balaban J connectivity index is 1.69. The normalized spacial score (nSPS) is 10.8. The summed E-state index contributed by atoms with van der Waals surface area (Å²) < 4.78 is 10.8. The molecule has 0 unspecified atom stereocenters. The zero-order valence-electron chi connectivity index (χ0n) is 13.4. The summed E-state index contributed by atoms with van der Waals surface area (Å²) in [5, 5.41) is 3.90. The summed E-state index contributed by atoms with van der Waals surface area (Å²) >= 11 is 12.4. The Hall–Kier alpha value is -2.75. The largest absolute Gasteiger partial charge is 0.519 e. The van der Waals surface area contributed by atoms with Crippen molar-refractivity contribution in [1.82, 2.24) is 0 Å². The smallest absolute Gasteiger partial charge is 0.392 e. The van der Waals surface area contributed by atoms with Crippen molar-refractivity contribution in [3.05, 3.63) is 82.8 Å². The average Bonchev–Trinajstić information content (AvgIpc) is 2.66. The second kappa shape index (κ2) is 6.87. The van der Waals surface area contributed by atoms with Crippen LogP contribution in [0, 0.1) is 0 Å². The lowest BCUT2D eigenvalue weighted by molar-refractivity contribution is 0.153. The Kier molecular flexibility index (Phi) is 4.41. The van der Waals surface area contributed by atoms with Crippen LogP contribution in [0.15, 0.2) is 72.8 Å². The van der Waals surface area contributed by atoms with Crippen molar-refractivity contribution in [2.24, 2.45) is 0 Å². The van der Waals surface area contributed by atoms with E-state index in [0.29, 0.717) is 10.0 Å². The van der Waals surface area contributed by atoms with Gasteiger partial charge in [-0.3, -0.25) is 0 Å². The third-order valence-corrected chi connectivity index (χ3v) is 4.63. The van der Waals surface area contributed by atoms with Crippen molar-refractivity contribution >= 4 is 50.9 Å². The van der Waals surface area contributed by atoms with E-state index in [1.807, 2.05) is 60.7 Å². The number of carbonyl (C=O) groups is 1. The number of ether oxygens (including phenoxy) is 2. The van der Waals surface area contributed by atoms with Crippen molar-refractivity contribution in [2.45, 2.75) is 0 Å².